The van der Waals surface area contributed by atoms with Crippen molar-refractivity contribution in [3.63, 3.8) is 0 Å². The van der Waals surface area contributed by atoms with E-state index >= 15 is 0 Å². The number of fused-ring (bicyclic) bond motifs is 1. The van der Waals surface area contributed by atoms with Gasteiger partial charge in [0.2, 0.25) is 11.8 Å². The fourth-order valence-corrected chi connectivity index (χ4v) is 6.45. The number of aromatic nitrogens is 1. The minimum absolute atomic E-state index is 0.0695. The second-order valence-corrected chi connectivity index (χ2v) is 10.3. The number of likely N-dealkylation sites (N-methyl/N-ethyl adjacent to an activating group) is 1. The number of amides is 3. The molecule has 3 fully saturated rings. The average molecular weight is 462 g/mol. The highest BCUT2D eigenvalue weighted by molar-refractivity contribution is 7.14. The maximum absolute atomic E-state index is 13.7. The number of thiazole rings is 1. The van der Waals surface area contributed by atoms with Gasteiger partial charge in [-0.1, -0.05) is 19.8 Å². The Morgan fingerprint density at radius 1 is 1.19 bits per heavy atom. The lowest BCUT2D eigenvalue weighted by molar-refractivity contribution is -0.137. The Bertz CT molecular complexity index is 850. The maximum atomic E-state index is 13.7. The molecule has 3 amide bonds. The first kappa shape index (κ1) is 23.2. The van der Waals surface area contributed by atoms with Gasteiger partial charge < -0.3 is 20.0 Å². The molecule has 8 nitrogen and oxygen atoms in total. The van der Waals surface area contributed by atoms with Gasteiger partial charge in [-0.3, -0.25) is 14.4 Å². The summed E-state index contributed by atoms with van der Waals surface area (Å²) < 4.78 is 0. The van der Waals surface area contributed by atoms with Gasteiger partial charge in [-0.2, -0.15) is 0 Å². The van der Waals surface area contributed by atoms with Gasteiger partial charge in [0.1, 0.15) is 11.7 Å². The molecule has 3 heterocycles. The summed E-state index contributed by atoms with van der Waals surface area (Å²) in [7, 11) is 1.91. The number of hydrogen-bond donors (Lipinski definition) is 1. The number of carbonyl (C=O) groups is 3. The fraction of sp³-hybridized carbons (Fsp3) is 0.739. The third kappa shape index (κ3) is 4.69. The van der Waals surface area contributed by atoms with E-state index in [4.69, 9.17) is 0 Å². The smallest absolute Gasteiger partial charge is 0.274 e. The second-order valence-electron chi connectivity index (χ2n) is 9.41. The van der Waals surface area contributed by atoms with Gasteiger partial charge in [0, 0.05) is 44.5 Å². The normalized spacial score (nSPS) is 26.6. The highest BCUT2D eigenvalue weighted by Crippen LogP contribution is 2.41. The van der Waals surface area contributed by atoms with E-state index in [0.717, 1.165) is 58.2 Å². The summed E-state index contributed by atoms with van der Waals surface area (Å²) in [6.07, 6.45) is 6.98. The molecule has 0 unspecified atom stereocenters. The Morgan fingerprint density at radius 2 is 1.91 bits per heavy atom. The van der Waals surface area contributed by atoms with Crippen molar-refractivity contribution in [2.45, 2.75) is 76.9 Å². The van der Waals surface area contributed by atoms with Crippen LogP contribution in [0.15, 0.2) is 5.38 Å². The molecule has 4 rings (SSSR count). The Labute approximate surface area is 194 Å². The van der Waals surface area contributed by atoms with Crippen molar-refractivity contribution >= 4 is 34.2 Å². The van der Waals surface area contributed by atoms with Gasteiger partial charge in [0.05, 0.1) is 0 Å². The molecule has 2 aliphatic heterocycles. The molecule has 32 heavy (non-hydrogen) atoms. The van der Waals surface area contributed by atoms with E-state index in [1.54, 1.807) is 5.38 Å². The standard InChI is InChI=1S/C23H35N5O3S/c1-4-27-11-9-17(10-12-27)26(3)22(31)20-13-16-7-5-6-8-19(16)28(20)21(30)18-14-32-23(25-18)24-15(2)29/h14,16-17,19-20H,4-13H2,1-3H3,(H,24,25,29)/t16-,19-,20+/m1/s1. The number of piperidine rings is 1. The molecular formula is C23H35N5O3S. The van der Waals surface area contributed by atoms with E-state index in [1.807, 2.05) is 16.8 Å². The lowest BCUT2D eigenvalue weighted by atomic mass is 9.84. The third-order valence-electron chi connectivity index (χ3n) is 7.51. The van der Waals surface area contributed by atoms with Gasteiger partial charge in [-0.05, 0) is 44.6 Å². The first-order chi connectivity index (χ1) is 15.4. The molecule has 2 saturated heterocycles. The van der Waals surface area contributed by atoms with Crippen LogP contribution in [0.5, 0.6) is 0 Å². The Kier molecular flexibility index (Phi) is 7.14. The summed E-state index contributed by atoms with van der Waals surface area (Å²) in [5, 5.41) is 4.76. The first-order valence-corrected chi connectivity index (χ1v) is 12.8. The predicted molar refractivity (Wildman–Crippen MR) is 125 cm³/mol. The Balaban J connectivity index is 1.53. The van der Waals surface area contributed by atoms with Crippen LogP contribution in [-0.4, -0.2) is 82.2 Å². The van der Waals surface area contributed by atoms with E-state index in [9.17, 15) is 14.4 Å². The highest BCUT2D eigenvalue weighted by Gasteiger charge is 2.49. The van der Waals surface area contributed by atoms with Crippen molar-refractivity contribution in [1.82, 2.24) is 19.7 Å². The third-order valence-corrected chi connectivity index (χ3v) is 8.27. The first-order valence-electron chi connectivity index (χ1n) is 11.9. The molecule has 0 radical (unpaired) electrons. The summed E-state index contributed by atoms with van der Waals surface area (Å²) in [6, 6.07) is -0.0855. The monoisotopic (exact) mass is 461 g/mol. The molecule has 1 aromatic rings. The number of nitrogens with one attached hydrogen (secondary N) is 1. The SMILES string of the molecule is CCN1CCC(N(C)C(=O)[C@@H]2C[C@H]3CCCC[C@H]3N2C(=O)c2csc(NC(C)=O)n2)CC1. The van der Waals surface area contributed by atoms with E-state index in [1.165, 1.54) is 24.7 Å². The van der Waals surface area contributed by atoms with E-state index < -0.39 is 6.04 Å². The summed E-state index contributed by atoms with van der Waals surface area (Å²) in [6.45, 7) is 6.68. The number of anilines is 1. The zero-order valence-electron chi connectivity index (χ0n) is 19.4. The topological polar surface area (TPSA) is 85.9 Å². The highest BCUT2D eigenvalue weighted by atomic mass is 32.1. The average Bonchev–Trinajstić information content (AvgIpc) is 3.42. The van der Waals surface area contributed by atoms with Crippen LogP contribution in [0.4, 0.5) is 5.13 Å². The minimum Gasteiger partial charge on any atom is -0.341 e. The minimum atomic E-state index is -0.421. The molecule has 0 spiro atoms. The number of carbonyl (C=O) groups excluding carboxylic acids is 3. The van der Waals surface area contributed by atoms with Gasteiger partial charge in [-0.25, -0.2) is 4.98 Å². The van der Waals surface area contributed by atoms with Crippen LogP contribution >= 0.6 is 11.3 Å². The summed E-state index contributed by atoms with van der Waals surface area (Å²) in [5.41, 5.74) is 0.321. The zero-order chi connectivity index (χ0) is 22.8. The maximum Gasteiger partial charge on any atom is 0.274 e. The number of hydrogen-bond acceptors (Lipinski definition) is 6. The molecule has 3 atom stereocenters. The molecule has 0 bridgehead atoms. The zero-order valence-corrected chi connectivity index (χ0v) is 20.2. The van der Waals surface area contributed by atoms with E-state index in [0.29, 0.717) is 16.7 Å². The molecule has 1 aliphatic carbocycles. The van der Waals surface area contributed by atoms with Crippen LogP contribution in [-0.2, 0) is 9.59 Å². The number of nitrogens with zero attached hydrogens (tertiary/aromatic N) is 4. The van der Waals surface area contributed by atoms with Crippen molar-refractivity contribution < 1.29 is 14.4 Å². The molecule has 1 saturated carbocycles. The van der Waals surface area contributed by atoms with Crippen LogP contribution in [0.1, 0.15) is 69.3 Å². The Hall–Kier alpha value is -2.00. The summed E-state index contributed by atoms with van der Waals surface area (Å²) in [4.78, 5) is 49.1. The summed E-state index contributed by atoms with van der Waals surface area (Å²) >= 11 is 1.24. The van der Waals surface area contributed by atoms with Gasteiger partial charge in [0.15, 0.2) is 5.13 Å². The van der Waals surface area contributed by atoms with Gasteiger partial charge in [0.25, 0.3) is 5.91 Å². The van der Waals surface area contributed by atoms with Crippen molar-refractivity contribution in [3.05, 3.63) is 11.1 Å². The van der Waals surface area contributed by atoms with Gasteiger partial charge >= 0.3 is 0 Å². The van der Waals surface area contributed by atoms with Crippen LogP contribution in [0.2, 0.25) is 0 Å². The molecule has 0 aromatic carbocycles. The molecule has 3 aliphatic rings. The van der Waals surface area contributed by atoms with Crippen LogP contribution < -0.4 is 5.32 Å². The van der Waals surface area contributed by atoms with Crippen molar-refractivity contribution in [3.8, 4) is 0 Å². The van der Waals surface area contributed by atoms with E-state index in [2.05, 4.69) is 22.1 Å². The van der Waals surface area contributed by atoms with Crippen molar-refractivity contribution in [2.24, 2.45) is 5.92 Å². The van der Waals surface area contributed by atoms with Crippen LogP contribution in [0.25, 0.3) is 0 Å². The van der Waals surface area contributed by atoms with Crippen molar-refractivity contribution in [2.75, 3.05) is 32.0 Å². The number of rotatable bonds is 5. The van der Waals surface area contributed by atoms with E-state index in [-0.39, 0.29) is 29.8 Å². The molecule has 1 aromatic heterocycles. The molecule has 176 valence electrons. The Morgan fingerprint density at radius 3 is 2.59 bits per heavy atom. The van der Waals surface area contributed by atoms with Gasteiger partial charge in [-0.15, -0.1) is 11.3 Å². The number of likely N-dealkylation sites (tertiary alicyclic amines) is 2. The predicted octanol–water partition coefficient (Wildman–Crippen LogP) is 2.82. The van der Waals surface area contributed by atoms with Crippen LogP contribution in [0.3, 0.4) is 0 Å². The molecule has 1 N–H and O–H groups in total. The quantitative estimate of drug-likeness (QED) is 0.729. The second kappa shape index (κ2) is 9.87. The largest absolute Gasteiger partial charge is 0.341 e. The lowest BCUT2D eigenvalue weighted by Gasteiger charge is -2.39. The fourth-order valence-electron chi connectivity index (χ4n) is 5.72. The lowest BCUT2D eigenvalue weighted by Crippen LogP contribution is -2.53. The molecule has 9 heteroatoms. The molecular weight excluding hydrogens is 426 g/mol. The summed E-state index contributed by atoms with van der Waals surface area (Å²) in [5.74, 6) is 0.0564. The van der Waals surface area contributed by atoms with Crippen LogP contribution in [0, 0.1) is 5.92 Å². The van der Waals surface area contributed by atoms with Crippen molar-refractivity contribution in [1.29, 1.82) is 0 Å².